The van der Waals surface area contributed by atoms with Gasteiger partial charge in [-0.3, -0.25) is 14.6 Å². The van der Waals surface area contributed by atoms with Gasteiger partial charge in [0.2, 0.25) is 0 Å². The Balaban J connectivity index is 1.22. The van der Waals surface area contributed by atoms with Crippen LogP contribution < -0.4 is 5.56 Å². The normalized spacial score (nSPS) is 31.3. The van der Waals surface area contributed by atoms with Gasteiger partial charge in [0.15, 0.2) is 0 Å². The summed E-state index contributed by atoms with van der Waals surface area (Å²) in [5.41, 5.74) is 3.89. The standard InChI is InChI=1S/C23H29N3O2S/c1-15-4-5-29-22(15)13-24-8-16-6-18(10-24)21-3-2-17(23(27)26(21)9-16)11-25-12-20-7-19(25)14-28-20/h2-5,16,18-20H,6-14H2,1H3/t16-,18+,19+,20+/m0/s1. The van der Waals surface area contributed by atoms with Crippen molar-refractivity contribution in [3.05, 3.63) is 55.6 Å². The summed E-state index contributed by atoms with van der Waals surface area (Å²) in [6.45, 7) is 8.92. The SMILES string of the molecule is Cc1ccsc1CN1C[C@@H]2C[C@H](C1)c1ccc(CN3C[C@H]4C[C@@H]3CO4)c(=O)n1C2. The van der Waals surface area contributed by atoms with E-state index in [9.17, 15) is 4.79 Å². The smallest absolute Gasteiger partial charge is 0.255 e. The fraction of sp³-hybridized carbons (Fsp3) is 0.609. The van der Waals surface area contributed by atoms with Gasteiger partial charge in [-0.05, 0) is 48.8 Å². The van der Waals surface area contributed by atoms with Gasteiger partial charge in [-0.25, -0.2) is 0 Å². The highest BCUT2D eigenvalue weighted by molar-refractivity contribution is 7.10. The van der Waals surface area contributed by atoms with E-state index >= 15 is 0 Å². The van der Waals surface area contributed by atoms with Crippen molar-refractivity contribution in [1.82, 2.24) is 14.4 Å². The lowest BCUT2D eigenvalue weighted by Gasteiger charge is -2.43. The van der Waals surface area contributed by atoms with Gasteiger partial charge < -0.3 is 9.30 Å². The van der Waals surface area contributed by atoms with E-state index in [4.69, 9.17) is 4.74 Å². The maximum absolute atomic E-state index is 13.3. The molecule has 0 aromatic carbocycles. The predicted molar refractivity (Wildman–Crippen MR) is 114 cm³/mol. The lowest BCUT2D eigenvalue weighted by molar-refractivity contribution is 0.0270. The Morgan fingerprint density at radius 1 is 1.10 bits per heavy atom. The van der Waals surface area contributed by atoms with Gasteiger partial charge in [0.25, 0.3) is 5.56 Å². The Bertz CT molecular complexity index is 983. The fourth-order valence-electron chi connectivity index (χ4n) is 6.00. The second-order valence-electron chi connectivity index (χ2n) is 9.49. The molecule has 4 aliphatic heterocycles. The highest BCUT2D eigenvalue weighted by atomic mass is 32.1. The average molecular weight is 412 g/mol. The molecular weight excluding hydrogens is 382 g/mol. The third kappa shape index (κ3) is 3.21. The molecule has 6 rings (SSSR count). The number of rotatable bonds is 4. The number of pyridine rings is 1. The lowest BCUT2D eigenvalue weighted by atomic mass is 9.83. The Labute approximate surface area is 175 Å². The van der Waals surface area contributed by atoms with E-state index in [2.05, 4.69) is 44.9 Å². The number of nitrogens with zero attached hydrogens (tertiary/aromatic N) is 3. The number of morpholine rings is 1. The van der Waals surface area contributed by atoms with Crippen molar-refractivity contribution in [2.75, 3.05) is 26.2 Å². The van der Waals surface area contributed by atoms with Gasteiger partial charge in [0, 0.05) is 67.4 Å². The Hall–Kier alpha value is -1.47. The highest BCUT2D eigenvalue weighted by Gasteiger charge is 2.39. The second-order valence-corrected chi connectivity index (χ2v) is 10.5. The van der Waals surface area contributed by atoms with E-state index in [1.165, 1.54) is 22.6 Å². The zero-order valence-electron chi connectivity index (χ0n) is 17.0. The first kappa shape index (κ1) is 18.3. The molecule has 0 N–H and O–H groups in total. The number of hydrogen-bond acceptors (Lipinski definition) is 5. The summed E-state index contributed by atoms with van der Waals surface area (Å²) in [6.07, 6.45) is 2.75. The third-order valence-corrected chi connectivity index (χ3v) is 8.49. The van der Waals surface area contributed by atoms with Crippen LogP contribution >= 0.6 is 11.3 Å². The van der Waals surface area contributed by atoms with Crippen molar-refractivity contribution in [2.24, 2.45) is 5.92 Å². The first-order chi connectivity index (χ1) is 14.1. The van der Waals surface area contributed by atoms with Crippen LogP contribution in [0.2, 0.25) is 0 Å². The molecular formula is C23H29N3O2S. The summed E-state index contributed by atoms with van der Waals surface area (Å²) >= 11 is 1.87. The van der Waals surface area contributed by atoms with E-state index in [1.807, 2.05) is 11.3 Å². The van der Waals surface area contributed by atoms with Crippen LogP contribution in [-0.2, 0) is 24.4 Å². The number of likely N-dealkylation sites (tertiary alicyclic amines) is 2. The predicted octanol–water partition coefficient (Wildman–Crippen LogP) is 2.81. The number of fused-ring (bicyclic) bond motifs is 6. The Morgan fingerprint density at radius 2 is 2.03 bits per heavy atom. The second kappa shape index (κ2) is 7.05. The van der Waals surface area contributed by atoms with Crippen molar-refractivity contribution in [3.8, 4) is 0 Å². The van der Waals surface area contributed by atoms with E-state index < -0.39 is 0 Å². The molecule has 4 bridgehead atoms. The summed E-state index contributed by atoms with van der Waals surface area (Å²) in [7, 11) is 0. The fourth-order valence-corrected chi connectivity index (χ4v) is 6.95. The molecule has 2 aromatic rings. The minimum atomic E-state index is 0.253. The minimum Gasteiger partial charge on any atom is -0.375 e. The molecule has 29 heavy (non-hydrogen) atoms. The first-order valence-corrected chi connectivity index (χ1v) is 11.9. The van der Waals surface area contributed by atoms with Gasteiger partial charge in [-0.15, -0.1) is 11.3 Å². The molecule has 4 atom stereocenters. The van der Waals surface area contributed by atoms with Gasteiger partial charge in [0.1, 0.15) is 0 Å². The van der Waals surface area contributed by atoms with Crippen LogP contribution in [0, 0.1) is 12.8 Å². The molecule has 6 heterocycles. The number of hydrogen-bond donors (Lipinski definition) is 0. The topological polar surface area (TPSA) is 37.7 Å². The molecule has 5 nitrogen and oxygen atoms in total. The minimum absolute atomic E-state index is 0.253. The van der Waals surface area contributed by atoms with Crippen LogP contribution in [0.5, 0.6) is 0 Å². The Kier molecular flexibility index (Phi) is 4.45. The van der Waals surface area contributed by atoms with Crippen molar-refractivity contribution in [1.29, 1.82) is 0 Å². The molecule has 6 heteroatoms. The summed E-state index contributed by atoms with van der Waals surface area (Å²) in [5, 5.41) is 2.20. The quantitative estimate of drug-likeness (QED) is 0.775. The Morgan fingerprint density at radius 3 is 2.79 bits per heavy atom. The molecule has 154 valence electrons. The monoisotopic (exact) mass is 411 g/mol. The third-order valence-electron chi connectivity index (χ3n) is 7.48. The summed E-state index contributed by atoms with van der Waals surface area (Å²) in [5.74, 6) is 1.08. The van der Waals surface area contributed by atoms with Crippen molar-refractivity contribution < 1.29 is 4.74 Å². The van der Waals surface area contributed by atoms with Crippen LogP contribution in [-0.4, -0.2) is 52.8 Å². The zero-order valence-corrected chi connectivity index (χ0v) is 17.9. The molecule has 3 saturated heterocycles. The van der Waals surface area contributed by atoms with Crippen molar-refractivity contribution in [3.63, 3.8) is 0 Å². The van der Waals surface area contributed by atoms with E-state index in [1.54, 1.807) is 0 Å². The summed E-state index contributed by atoms with van der Waals surface area (Å²) < 4.78 is 7.83. The highest BCUT2D eigenvalue weighted by Crippen LogP contribution is 2.36. The number of aryl methyl sites for hydroxylation is 1. The summed E-state index contributed by atoms with van der Waals surface area (Å²) in [6, 6.07) is 7.10. The zero-order chi connectivity index (χ0) is 19.5. The molecule has 0 unspecified atom stereocenters. The molecule has 2 aromatic heterocycles. The van der Waals surface area contributed by atoms with Gasteiger partial charge in [0.05, 0.1) is 12.7 Å². The molecule has 0 spiro atoms. The van der Waals surface area contributed by atoms with E-state index in [-0.39, 0.29) is 5.56 Å². The van der Waals surface area contributed by atoms with Gasteiger partial charge >= 0.3 is 0 Å². The number of thiophene rings is 1. The van der Waals surface area contributed by atoms with E-state index in [0.717, 1.165) is 57.9 Å². The average Bonchev–Trinajstić information content (AvgIpc) is 3.43. The molecule has 0 aliphatic carbocycles. The van der Waals surface area contributed by atoms with Crippen LogP contribution in [0.3, 0.4) is 0 Å². The largest absolute Gasteiger partial charge is 0.375 e. The lowest BCUT2D eigenvalue weighted by Crippen LogP contribution is -2.47. The maximum atomic E-state index is 13.3. The number of piperidine rings is 1. The molecule has 3 fully saturated rings. The summed E-state index contributed by atoms with van der Waals surface area (Å²) in [4.78, 5) is 19.9. The molecule has 0 amide bonds. The van der Waals surface area contributed by atoms with Crippen LogP contribution in [0.1, 0.15) is 40.5 Å². The number of aromatic nitrogens is 1. The number of ether oxygens (including phenoxy) is 1. The van der Waals surface area contributed by atoms with E-state index in [0.29, 0.717) is 24.0 Å². The maximum Gasteiger partial charge on any atom is 0.255 e. The van der Waals surface area contributed by atoms with Crippen LogP contribution in [0.25, 0.3) is 0 Å². The van der Waals surface area contributed by atoms with Crippen LogP contribution in [0.4, 0.5) is 0 Å². The van der Waals surface area contributed by atoms with Crippen molar-refractivity contribution >= 4 is 11.3 Å². The molecule has 0 saturated carbocycles. The van der Waals surface area contributed by atoms with Gasteiger partial charge in [-0.1, -0.05) is 6.07 Å². The van der Waals surface area contributed by atoms with Crippen molar-refractivity contribution in [2.45, 2.75) is 57.5 Å². The first-order valence-electron chi connectivity index (χ1n) is 11.0. The molecule has 4 aliphatic rings. The van der Waals surface area contributed by atoms with Gasteiger partial charge in [-0.2, -0.15) is 0 Å². The molecule has 0 radical (unpaired) electrons. The van der Waals surface area contributed by atoms with Crippen LogP contribution in [0.15, 0.2) is 28.4 Å².